The number of benzene rings is 2. The van der Waals surface area contributed by atoms with Gasteiger partial charge in [0.15, 0.2) is 0 Å². The number of hydrogen-bond acceptors (Lipinski definition) is 5. The highest BCUT2D eigenvalue weighted by Gasteiger charge is 2.42. The molecule has 6 nitrogen and oxygen atoms in total. The van der Waals surface area contributed by atoms with Crippen LogP contribution in [0.1, 0.15) is 12.5 Å². The lowest BCUT2D eigenvalue weighted by Gasteiger charge is -2.29. The van der Waals surface area contributed by atoms with Crippen LogP contribution in [0.5, 0.6) is 11.5 Å². The van der Waals surface area contributed by atoms with Crippen LogP contribution in [0.2, 0.25) is 0 Å². The molecule has 2 atom stereocenters. The largest absolute Gasteiger partial charge is 0.497 e. The standard InChI is InChI=1S/C22H24N2O4/c1-16-13-27-22(28-16,14-24-11-10-23-15-24)18-6-4-17(5-7-18)20-9-8-19(25-2)12-21(20)26-3/h4-12,15-16H,13-14H2,1-3H3. The van der Waals surface area contributed by atoms with E-state index in [-0.39, 0.29) is 6.10 Å². The highest BCUT2D eigenvalue weighted by Crippen LogP contribution is 2.38. The summed E-state index contributed by atoms with van der Waals surface area (Å²) in [7, 11) is 3.31. The summed E-state index contributed by atoms with van der Waals surface area (Å²) in [6.45, 7) is 3.12. The first-order valence-electron chi connectivity index (χ1n) is 9.24. The third kappa shape index (κ3) is 3.48. The molecule has 0 bridgehead atoms. The molecule has 0 radical (unpaired) electrons. The van der Waals surface area contributed by atoms with E-state index >= 15 is 0 Å². The van der Waals surface area contributed by atoms with Crippen LogP contribution in [0.15, 0.2) is 61.2 Å². The van der Waals surface area contributed by atoms with Gasteiger partial charge in [0.25, 0.3) is 0 Å². The van der Waals surface area contributed by atoms with E-state index in [1.54, 1.807) is 26.7 Å². The summed E-state index contributed by atoms with van der Waals surface area (Å²) in [6.07, 6.45) is 5.47. The lowest BCUT2D eigenvalue weighted by Crippen LogP contribution is -2.33. The second kappa shape index (κ2) is 7.66. The van der Waals surface area contributed by atoms with Gasteiger partial charge in [-0.2, -0.15) is 0 Å². The molecule has 6 heteroatoms. The van der Waals surface area contributed by atoms with Crippen LogP contribution in [0.3, 0.4) is 0 Å². The summed E-state index contributed by atoms with van der Waals surface area (Å²) < 4.78 is 25.1. The Morgan fingerprint density at radius 2 is 1.96 bits per heavy atom. The SMILES string of the molecule is COc1ccc(-c2ccc(C3(Cn4ccnc4)OCC(C)O3)cc2)c(OC)c1. The van der Waals surface area contributed by atoms with Crippen molar-refractivity contribution in [2.24, 2.45) is 0 Å². The number of ether oxygens (including phenoxy) is 4. The van der Waals surface area contributed by atoms with Crippen LogP contribution in [0.25, 0.3) is 11.1 Å². The van der Waals surface area contributed by atoms with Crippen molar-refractivity contribution in [3.05, 3.63) is 66.7 Å². The second-order valence-electron chi connectivity index (χ2n) is 6.87. The third-order valence-corrected chi connectivity index (χ3v) is 4.94. The van der Waals surface area contributed by atoms with E-state index in [4.69, 9.17) is 18.9 Å². The predicted molar refractivity (Wildman–Crippen MR) is 105 cm³/mol. The molecule has 2 aromatic carbocycles. The van der Waals surface area contributed by atoms with Gasteiger partial charge in [0.05, 0.1) is 39.8 Å². The van der Waals surface area contributed by atoms with Crippen molar-refractivity contribution in [2.45, 2.75) is 25.4 Å². The van der Waals surface area contributed by atoms with E-state index in [1.165, 1.54) is 0 Å². The van der Waals surface area contributed by atoms with E-state index < -0.39 is 5.79 Å². The van der Waals surface area contributed by atoms with Gasteiger partial charge in [-0.3, -0.25) is 0 Å². The zero-order valence-corrected chi connectivity index (χ0v) is 16.3. The van der Waals surface area contributed by atoms with Gasteiger partial charge in [0.1, 0.15) is 11.5 Å². The van der Waals surface area contributed by atoms with Gasteiger partial charge in [-0.25, -0.2) is 4.98 Å². The average Bonchev–Trinajstić information content (AvgIpc) is 3.38. The zero-order chi connectivity index (χ0) is 19.6. The molecule has 28 heavy (non-hydrogen) atoms. The van der Waals surface area contributed by atoms with E-state index in [0.29, 0.717) is 13.2 Å². The maximum atomic E-state index is 6.22. The van der Waals surface area contributed by atoms with E-state index in [2.05, 4.69) is 17.1 Å². The molecule has 0 saturated carbocycles. The third-order valence-electron chi connectivity index (χ3n) is 4.94. The maximum Gasteiger partial charge on any atom is 0.213 e. The van der Waals surface area contributed by atoms with Crippen molar-refractivity contribution in [1.29, 1.82) is 0 Å². The monoisotopic (exact) mass is 380 g/mol. The number of rotatable bonds is 6. The van der Waals surface area contributed by atoms with Crippen molar-refractivity contribution in [2.75, 3.05) is 20.8 Å². The number of imidazole rings is 1. The second-order valence-corrected chi connectivity index (χ2v) is 6.87. The van der Waals surface area contributed by atoms with Gasteiger partial charge in [-0.05, 0) is 24.6 Å². The Balaban J connectivity index is 1.66. The number of nitrogens with zero attached hydrogens (tertiary/aromatic N) is 2. The van der Waals surface area contributed by atoms with Crippen LogP contribution in [-0.4, -0.2) is 36.5 Å². The van der Waals surface area contributed by atoms with Gasteiger partial charge >= 0.3 is 0 Å². The van der Waals surface area contributed by atoms with Crippen molar-refractivity contribution in [3.63, 3.8) is 0 Å². The molecule has 1 saturated heterocycles. The molecule has 1 aromatic heterocycles. The highest BCUT2D eigenvalue weighted by molar-refractivity contribution is 5.71. The summed E-state index contributed by atoms with van der Waals surface area (Å²) in [4.78, 5) is 4.12. The maximum absolute atomic E-state index is 6.22. The molecule has 0 amide bonds. The number of aromatic nitrogens is 2. The first-order chi connectivity index (χ1) is 13.6. The molecular formula is C22H24N2O4. The first-order valence-corrected chi connectivity index (χ1v) is 9.24. The Labute approximate surface area is 164 Å². The topological polar surface area (TPSA) is 54.7 Å². The Kier molecular flexibility index (Phi) is 5.07. The van der Waals surface area contributed by atoms with Crippen LogP contribution in [0, 0.1) is 0 Å². The minimum absolute atomic E-state index is 0.0323. The zero-order valence-electron chi connectivity index (χ0n) is 16.3. The molecule has 146 valence electrons. The molecule has 2 unspecified atom stereocenters. The minimum atomic E-state index is -0.817. The average molecular weight is 380 g/mol. The van der Waals surface area contributed by atoms with Gasteiger partial charge < -0.3 is 23.5 Å². The van der Waals surface area contributed by atoms with Crippen molar-refractivity contribution >= 4 is 0 Å². The van der Waals surface area contributed by atoms with Crippen LogP contribution < -0.4 is 9.47 Å². The van der Waals surface area contributed by atoms with E-state index in [1.807, 2.05) is 48.0 Å². The van der Waals surface area contributed by atoms with Gasteiger partial charge in [-0.15, -0.1) is 0 Å². The fraction of sp³-hybridized carbons (Fsp3) is 0.318. The minimum Gasteiger partial charge on any atom is -0.497 e. The highest BCUT2D eigenvalue weighted by atomic mass is 16.7. The lowest BCUT2D eigenvalue weighted by molar-refractivity contribution is -0.185. The first kappa shape index (κ1) is 18.5. The lowest BCUT2D eigenvalue weighted by atomic mass is 9.99. The summed E-state index contributed by atoms with van der Waals surface area (Å²) in [5, 5.41) is 0. The van der Waals surface area contributed by atoms with Crippen molar-refractivity contribution in [3.8, 4) is 22.6 Å². The number of hydrogen-bond donors (Lipinski definition) is 0. The molecule has 4 rings (SSSR count). The van der Waals surface area contributed by atoms with E-state index in [9.17, 15) is 0 Å². The molecule has 1 aliphatic rings. The number of methoxy groups -OCH3 is 2. The van der Waals surface area contributed by atoms with Gasteiger partial charge in [0.2, 0.25) is 5.79 Å². The molecule has 3 aromatic rings. The normalized spacial score (nSPS) is 21.6. The predicted octanol–water partition coefficient (Wildman–Crippen LogP) is 3.86. The van der Waals surface area contributed by atoms with Gasteiger partial charge in [0, 0.05) is 29.6 Å². The molecule has 1 aliphatic heterocycles. The van der Waals surface area contributed by atoms with Crippen molar-refractivity contribution < 1.29 is 18.9 Å². The molecule has 2 heterocycles. The quantitative estimate of drug-likeness (QED) is 0.650. The molecule has 0 aliphatic carbocycles. The molecule has 1 fully saturated rings. The Hall–Kier alpha value is -2.83. The van der Waals surface area contributed by atoms with Gasteiger partial charge in [-0.1, -0.05) is 24.3 Å². The Morgan fingerprint density at radius 1 is 1.14 bits per heavy atom. The Morgan fingerprint density at radius 3 is 2.57 bits per heavy atom. The Bertz CT molecular complexity index is 924. The fourth-order valence-corrected chi connectivity index (χ4v) is 3.53. The molecular weight excluding hydrogens is 356 g/mol. The van der Waals surface area contributed by atoms with Crippen molar-refractivity contribution in [1.82, 2.24) is 9.55 Å². The summed E-state index contributed by atoms with van der Waals surface area (Å²) >= 11 is 0. The smallest absolute Gasteiger partial charge is 0.213 e. The molecule has 0 N–H and O–H groups in total. The fourth-order valence-electron chi connectivity index (χ4n) is 3.53. The van der Waals surface area contributed by atoms with Crippen LogP contribution in [0.4, 0.5) is 0 Å². The van der Waals surface area contributed by atoms with E-state index in [0.717, 1.165) is 28.2 Å². The summed E-state index contributed by atoms with van der Waals surface area (Å²) in [5.41, 5.74) is 3.02. The summed E-state index contributed by atoms with van der Waals surface area (Å²) in [6, 6.07) is 14.0. The van der Waals surface area contributed by atoms with Crippen LogP contribution >= 0.6 is 0 Å². The van der Waals surface area contributed by atoms with Crippen LogP contribution in [-0.2, 0) is 21.8 Å². The summed E-state index contributed by atoms with van der Waals surface area (Å²) in [5.74, 6) is 0.711. The molecule has 0 spiro atoms.